The first-order valence-electron chi connectivity index (χ1n) is 9.45. The predicted octanol–water partition coefficient (Wildman–Crippen LogP) is 4.76. The van der Waals surface area contributed by atoms with Gasteiger partial charge in [0.2, 0.25) is 5.91 Å². The van der Waals surface area contributed by atoms with E-state index in [-0.39, 0.29) is 11.7 Å². The van der Waals surface area contributed by atoms with E-state index in [4.69, 9.17) is 12.2 Å². The van der Waals surface area contributed by atoms with E-state index >= 15 is 0 Å². The van der Waals surface area contributed by atoms with Crippen molar-refractivity contribution in [1.29, 1.82) is 0 Å². The highest BCUT2D eigenvalue weighted by Gasteiger charge is 2.25. The minimum Gasteiger partial charge on any atom is -0.339 e. The van der Waals surface area contributed by atoms with Gasteiger partial charge in [-0.25, -0.2) is 4.39 Å². The topological polar surface area (TPSA) is 53.9 Å². The normalized spacial score (nSPS) is 15.3. The van der Waals surface area contributed by atoms with Crippen molar-refractivity contribution in [2.75, 3.05) is 13.1 Å². The van der Waals surface area contributed by atoms with Gasteiger partial charge >= 0.3 is 0 Å². The Kier molecular flexibility index (Phi) is 5.73. The zero-order valence-corrected chi connectivity index (χ0v) is 17.6. The number of hydrogen-bond acceptors (Lipinski definition) is 4. The third kappa shape index (κ3) is 4.38. The molecule has 1 saturated heterocycles. The number of hydrogen-bond donors (Lipinski definition) is 1. The Morgan fingerprint density at radius 1 is 1.24 bits per heavy atom. The fourth-order valence-corrected chi connectivity index (χ4v) is 4.61. The van der Waals surface area contributed by atoms with Crippen LogP contribution in [0.4, 0.5) is 4.39 Å². The van der Waals surface area contributed by atoms with Crippen molar-refractivity contribution in [2.45, 2.75) is 18.8 Å². The Morgan fingerprint density at radius 2 is 1.97 bits per heavy atom. The molecule has 29 heavy (non-hydrogen) atoms. The van der Waals surface area contributed by atoms with Crippen LogP contribution in [-0.4, -0.2) is 38.7 Å². The number of aromatic amines is 1. The minimum atomic E-state index is -0.245. The Bertz CT molecular complexity index is 1090. The monoisotopic (exact) mass is 428 g/mol. The second-order valence-electron chi connectivity index (χ2n) is 7.09. The van der Waals surface area contributed by atoms with Crippen LogP contribution in [0, 0.1) is 10.6 Å². The van der Waals surface area contributed by atoms with Crippen molar-refractivity contribution in [1.82, 2.24) is 19.7 Å². The Labute approximate surface area is 177 Å². The average Bonchev–Trinajstić information content (AvgIpc) is 3.34. The van der Waals surface area contributed by atoms with Gasteiger partial charge in [0.15, 0.2) is 4.77 Å². The van der Waals surface area contributed by atoms with E-state index in [0.29, 0.717) is 23.8 Å². The fraction of sp³-hybridized carbons (Fsp3) is 0.286. The third-order valence-corrected chi connectivity index (χ3v) is 6.70. The molecule has 0 spiro atoms. The number of thiophene rings is 1. The fourth-order valence-electron chi connectivity index (χ4n) is 3.55. The molecule has 1 aromatic carbocycles. The lowest BCUT2D eigenvalue weighted by Crippen LogP contribution is -2.37. The van der Waals surface area contributed by atoms with E-state index in [0.717, 1.165) is 34.0 Å². The van der Waals surface area contributed by atoms with Crippen LogP contribution in [0.5, 0.6) is 0 Å². The summed E-state index contributed by atoms with van der Waals surface area (Å²) >= 11 is 6.76. The van der Waals surface area contributed by atoms with Crippen LogP contribution in [0.1, 0.15) is 29.5 Å². The molecule has 0 atom stereocenters. The summed E-state index contributed by atoms with van der Waals surface area (Å²) in [5.41, 5.74) is 0.971. The van der Waals surface area contributed by atoms with Gasteiger partial charge in [-0.1, -0.05) is 12.1 Å². The third-order valence-electron chi connectivity index (χ3n) is 5.23. The SMILES string of the molecule is Cn1c(C2CCN(C(=O)/C=C/c3ccc(-c4ccc(F)cc4)s3)CC2)n[nH]c1=S. The molecule has 8 heteroatoms. The van der Waals surface area contributed by atoms with Gasteiger partial charge in [-0.2, -0.15) is 5.10 Å². The van der Waals surface area contributed by atoms with Crippen LogP contribution < -0.4 is 0 Å². The Balaban J connectivity index is 1.35. The lowest BCUT2D eigenvalue weighted by molar-refractivity contribution is -0.127. The molecule has 0 aliphatic carbocycles. The van der Waals surface area contributed by atoms with Gasteiger partial charge in [0.1, 0.15) is 11.6 Å². The van der Waals surface area contributed by atoms with E-state index in [1.54, 1.807) is 29.5 Å². The van der Waals surface area contributed by atoms with Crippen molar-refractivity contribution in [3.8, 4) is 10.4 Å². The summed E-state index contributed by atoms with van der Waals surface area (Å²) in [7, 11) is 1.92. The van der Waals surface area contributed by atoms with Crippen LogP contribution in [0.15, 0.2) is 42.5 Å². The minimum absolute atomic E-state index is 0.0237. The lowest BCUT2D eigenvalue weighted by Gasteiger charge is -2.30. The Hall–Kier alpha value is -2.58. The number of carbonyl (C=O) groups is 1. The van der Waals surface area contributed by atoms with Gasteiger partial charge in [0.05, 0.1) is 0 Å². The van der Waals surface area contributed by atoms with Crippen LogP contribution >= 0.6 is 23.6 Å². The van der Waals surface area contributed by atoms with Gasteiger partial charge in [0.25, 0.3) is 0 Å². The van der Waals surface area contributed by atoms with Gasteiger partial charge < -0.3 is 9.47 Å². The highest BCUT2D eigenvalue weighted by Crippen LogP contribution is 2.29. The molecule has 4 rings (SSSR count). The number of H-pyrrole nitrogens is 1. The molecule has 3 heterocycles. The molecule has 1 aliphatic heterocycles. The van der Waals surface area contributed by atoms with Crippen LogP contribution in [0.25, 0.3) is 16.5 Å². The van der Waals surface area contributed by atoms with E-state index in [1.807, 2.05) is 34.7 Å². The number of likely N-dealkylation sites (tertiary alicyclic amines) is 1. The molecule has 0 radical (unpaired) electrons. The number of carbonyl (C=O) groups excluding carboxylic acids is 1. The van der Waals surface area contributed by atoms with Crippen molar-refractivity contribution in [3.63, 3.8) is 0 Å². The molecule has 2 aromatic heterocycles. The molecule has 1 amide bonds. The maximum absolute atomic E-state index is 13.1. The molecule has 150 valence electrons. The van der Waals surface area contributed by atoms with Crippen molar-refractivity contribution in [2.24, 2.45) is 7.05 Å². The van der Waals surface area contributed by atoms with Crippen LogP contribution in [0.3, 0.4) is 0 Å². The highest BCUT2D eigenvalue weighted by molar-refractivity contribution is 7.71. The number of benzene rings is 1. The molecular weight excluding hydrogens is 407 g/mol. The van der Waals surface area contributed by atoms with Gasteiger partial charge in [-0.3, -0.25) is 9.89 Å². The summed E-state index contributed by atoms with van der Waals surface area (Å²) in [5, 5.41) is 7.16. The lowest BCUT2D eigenvalue weighted by atomic mass is 9.96. The summed E-state index contributed by atoms with van der Waals surface area (Å²) in [6.45, 7) is 1.41. The largest absolute Gasteiger partial charge is 0.339 e. The van der Waals surface area contributed by atoms with E-state index in [9.17, 15) is 9.18 Å². The van der Waals surface area contributed by atoms with Gasteiger partial charge in [-0.15, -0.1) is 11.3 Å². The van der Waals surface area contributed by atoms with Crippen molar-refractivity contribution >= 4 is 35.5 Å². The summed E-state index contributed by atoms with van der Waals surface area (Å²) in [5.74, 6) is 1.06. The average molecular weight is 429 g/mol. The van der Waals surface area contributed by atoms with Crippen molar-refractivity contribution in [3.05, 3.63) is 63.8 Å². The first kappa shape index (κ1) is 19.7. The molecule has 3 aromatic rings. The Morgan fingerprint density at radius 3 is 2.62 bits per heavy atom. The molecular formula is C21H21FN4OS2. The molecule has 1 aliphatic rings. The van der Waals surface area contributed by atoms with Crippen LogP contribution in [0.2, 0.25) is 0 Å². The summed E-state index contributed by atoms with van der Waals surface area (Å²) in [6.07, 6.45) is 5.24. The maximum atomic E-state index is 13.1. The molecule has 0 bridgehead atoms. The number of nitrogens with one attached hydrogen (secondary N) is 1. The zero-order valence-electron chi connectivity index (χ0n) is 16.0. The number of halogens is 1. The second kappa shape index (κ2) is 8.42. The summed E-state index contributed by atoms with van der Waals surface area (Å²) in [4.78, 5) is 16.5. The molecule has 5 nitrogen and oxygen atoms in total. The smallest absolute Gasteiger partial charge is 0.246 e. The van der Waals surface area contributed by atoms with Crippen LogP contribution in [-0.2, 0) is 11.8 Å². The summed E-state index contributed by atoms with van der Waals surface area (Å²) in [6, 6.07) is 10.4. The maximum Gasteiger partial charge on any atom is 0.246 e. The molecule has 0 unspecified atom stereocenters. The van der Waals surface area contributed by atoms with Crippen molar-refractivity contribution < 1.29 is 9.18 Å². The van der Waals surface area contributed by atoms with E-state index < -0.39 is 0 Å². The zero-order chi connectivity index (χ0) is 20.4. The van der Waals surface area contributed by atoms with Gasteiger partial charge in [-0.05, 0) is 61.0 Å². The number of amides is 1. The predicted molar refractivity (Wildman–Crippen MR) is 116 cm³/mol. The molecule has 1 N–H and O–H groups in total. The number of aromatic nitrogens is 3. The molecule has 0 saturated carbocycles. The van der Waals surface area contributed by atoms with E-state index in [2.05, 4.69) is 10.2 Å². The molecule has 1 fully saturated rings. The van der Waals surface area contributed by atoms with E-state index in [1.165, 1.54) is 12.1 Å². The first-order valence-corrected chi connectivity index (χ1v) is 10.7. The number of piperidine rings is 1. The summed E-state index contributed by atoms with van der Waals surface area (Å²) < 4.78 is 15.6. The second-order valence-corrected chi connectivity index (χ2v) is 8.59. The van der Waals surface area contributed by atoms with Gasteiger partial charge in [0, 0.05) is 41.9 Å². The number of nitrogens with zero attached hydrogens (tertiary/aromatic N) is 3. The highest BCUT2D eigenvalue weighted by atomic mass is 32.1. The number of rotatable bonds is 4. The standard InChI is InChI=1S/C21H21FN4OS2/c1-25-20(23-24-21(25)28)15-10-12-26(13-11-15)19(27)9-7-17-6-8-18(29-17)14-2-4-16(22)5-3-14/h2-9,15H,10-13H2,1H3,(H,24,28)/b9-7+. The quantitative estimate of drug-likeness (QED) is 0.481. The first-order chi connectivity index (χ1) is 14.0.